The van der Waals surface area contributed by atoms with E-state index in [-0.39, 0.29) is 35.3 Å². The summed E-state index contributed by atoms with van der Waals surface area (Å²) >= 11 is 0. The van der Waals surface area contributed by atoms with Crippen LogP contribution in [0.5, 0.6) is 5.75 Å². The van der Waals surface area contributed by atoms with Gasteiger partial charge in [-0.15, -0.1) is 0 Å². The fourth-order valence-electron chi connectivity index (χ4n) is 9.18. The molecular weight excluding hydrogens is 617 g/mol. The standard InChI is InChI=1S/C39H46BNO6Si/c1-39(2,3)48(28-17-9-5-10-18-28,29-19-11-6-12-20-29)46-25-26-23-32-35(38(44)41(37(32)43)27-15-7-4-8-16-27)31-24-34(47-40(45)36(26)31)30-21-13-14-22-33(30)42/h5-6,9-14,17-22,27,31-32,34-35,42,45H,4,7-8,15-16,23-25H2,1-3H3/t31-,32-,34-,35+/m0/s1. The maximum atomic E-state index is 14.3. The maximum absolute atomic E-state index is 14.3. The molecule has 4 aliphatic rings. The van der Waals surface area contributed by atoms with Gasteiger partial charge in [0.05, 0.1) is 24.5 Å². The van der Waals surface area contributed by atoms with Crippen molar-refractivity contribution in [2.45, 2.75) is 82.9 Å². The maximum Gasteiger partial charge on any atom is 0.487 e. The molecule has 250 valence electrons. The average Bonchev–Trinajstić information content (AvgIpc) is 3.34. The van der Waals surface area contributed by atoms with Crippen LogP contribution in [0.3, 0.4) is 0 Å². The summed E-state index contributed by atoms with van der Waals surface area (Å²) in [6.07, 6.45) is 4.96. The van der Waals surface area contributed by atoms with E-state index in [2.05, 4.69) is 69.3 Å². The third-order valence-corrected chi connectivity index (χ3v) is 16.3. The lowest BCUT2D eigenvalue weighted by molar-refractivity contribution is -0.143. The zero-order chi connectivity index (χ0) is 33.6. The first-order valence-electron chi connectivity index (χ1n) is 17.6. The number of imide groups is 1. The molecule has 0 bridgehead atoms. The molecule has 7 nitrogen and oxygen atoms in total. The van der Waals surface area contributed by atoms with E-state index in [4.69, 9.17) is 9.08 Å². The van der Waals surface area contributed by atoms with E-state index in [9.17, 15) is 19.7 Å². The highest BCUT2D eigenvalue weighted by Crippen LogP contribution is 2.53. The van der Waals surface area contributed by atoms with Gasteiger partial charge in [0, 0.05) is 11.6 Å². The lowest BCUT2D eigenvalue weighted by Gasteiger charge is -2.45. The summed E-state index contributed by atoms with van der Waals surface area (Å²) in [6.45, 7) is 6.91. The largest absolute Gasteiger partial charge is 0.508 e. The number of allylic oxidation sites excluding steroid dienone is 1. The lowest BCUT2D eigenvalue weighted by Crippen LogP contribution is -2.66. The van der Waals surface area contributed by atoms with Crippen molar-refractivity contribution in [2.24, 2.45) is 17.8 Å². The summed E-state index contributed by atoms with van der Waals surface area (Å²) in [6, 6.07) is 27.8. The number of carbonyl (C=O) groups is 2. The fourth-order valence-corrected chi connectivity index (χ4v) is 13.7. The molecular formula is C39H46BNO6Si. The van der Waals surface area contributed by atoms with Gasteiger partial charge in [-0.1, -0.05) is 119 Å². The summed E-state index contributed by atoms with van der Waals surface area (Å²) in [5.41, 5.74) is 2.10. The van der Waals surface area contributed by atoms with Crippen molar-refractivity contribution in [2.75, 3.05) is 6.61 Å². The van der Waals surface area contributed by atoms with Gasteiger partial charge in [0.15, 0.2) is 0 Å². The second-order valence-corrected chi connectivity index (χ2v) is 19.4. The number of amides is 2. The van der Waals surface area contributed by atoms with Crippen molar-refractivity contribution in [1.29, 1.82) is 0 Å². The highest BCUT2D eigenvalue weighted by molar-refractivity contribution is 6.99. The number of para-hydroxylation sites is 1. The smallest absolute Gasteiger partial charge is 0.487 e. The second kappa shape index (κ2) is 13.1. The van der Waals surface area contributed by atoms with E-state index in [1.807, 2.05) is 18.2 Å². The van der Waals surface area contributed by atoms with E-state index >= 15 is 0 Å². The number of aromatic hydroxyl groups is 1. The van der Waals surface area contributed by atoms with Crippen LogP contribution in [0, 0.1) is 17.8 Å². The molecule has 2 heterocycles. The van der Waals surface area contributed by atoms with Crippen molar-refractivity contribution in [3.05, 3.63) is 102 Å². The number of phenolic OH excluding ortho intramolecular Hbond substituents is 1. The summed E-state index contributed by atoms with van der Waals surface area (Å²) in [4.78, 5) is 30.2. The minimum atomic E-state index is -2.94. The molecule has 48 heavy (non-hydrogen) atoms. The van der Waals surface area contributed by atoms with Gasteiger partial charge in [0.1, 0.15) is 5.75 Å². The Hall–Kier alpha value is -3.50. The average molecular weight is 664 g/mol. The first-order valence-corrected chi connectivity index (χ1v) is 19.5. The van der Waals surface area contributed by atoms with Crippen molar-refractivity contribution in [3.8, 4) is 5.75 Å². The van der Waals surface area contributed by atoms with E-state index in [1.165, 1.54) is 0 Å². The third kappa shape index (κ3) is 5.58. The normalized spacial score (nSPS) is 25.3. The third-order valence-electron chi connectivity index (χ3n) is 11.3. The Morgan fingerprint density at radius 2 is 1.46 bits per heavy atom. The molecule has 0 radical (unpaired) electrons. The molecule has 2 N–H and O–H groups in total. The molecule has 0 spiro atoms. The van der Waals surface area contributed by atoms with Gasteiger partial charge in [0.25, 0.3) is 8.32 Å². The van der Waals surface area contributed by atoms with Crippen molar-refractivity contribution in [3.63, 3.8) is 0 Å². The van der Waals surface area contributed by atoms with Crippen molar-refractivity contribution >= 4 is 37.6 Å². The first-order chi connectivity index (χ1) is 23.1. The fraction of sp³-hybridized carbons (Fsp3) is 0.436. The lowest BCUT2D eigenvalue weighted by atomic mass is 9.55. The van der Waals surface area contributed by atoms with Crippen molar-refractivity contribution < 1.29 is 28.8 Å². The van der Waals surface area contributed by atoms with Gasteiger partial charge < -0.3 is 19.2 Å². The van der Waals surface area contributed by atoms with Gasteiger partial charge in [-0.3, -0.25) is 14.5 Å². The molecule has 2 saturated heterocycles. The highest BCUT2D eigenvalue weighted by Gasteiger charge is 2.59. The Morgan fingerprint density at radius 3 is 2.06 bits per heavy atom. The quantitative estimate of drug-likeness (QED) is 0.249. The van der Waals surface area contributed by atoms with Crippen LogP contribution in [-0.2, 0) is 18.7 Å². The van der Waals surface area contributed by atoms with E-state index in [0.29, 0.717) is 23.9 Å². The molecule has 4 atom stereocenters. The second-order valence-electron chi connectivity index (χ2n) is 15.1. The Balaban J connectivity index is 1.31. The molecule has 0 aromatic heterocycles. The van der Waals surface area contributed by atoms with Crippen LogP contribution in [0.1, 0.15) is 77.4 Å². The van der Waals surface area contributed by atoms with Gasteiger partial charge in [-0.25, -0.2) is 0 Å². The van der Waals surface area contributed by atoms with Crippen LogP contribution in [0.25, 0.3) is 0 Å². The van der Waals surface area contributed by atoms with Gasteiger partial charge in [-0.2, -0.15) is 0 Å². The Morgan fingerprint density at radius 1 is 0.854 bits per heavy atom. The van der Waals surface area contributed by atoms with Gasteiger partial charge in [-0.05, 0) is 64.1 Å². The number of nitrogens with zero attached hydrogens (tertiary/aromatic N) is 1. The molecule has 2 amide bonds. The topological polar surface area (TPSA) is 96.3 Å². The summed E-state index contributed by atoms with van der Waals surface area (Å²) < 4.78 is 13.6. The van der Waals surface area contributed by atoms with Crippen LogP contribution in [-0.4, -0.2) is 54.9 Å². The van der Waals surface area contributed by atoms with Gasteiger partial charge >= 0.3 is 7.12 Å². The number of benzene rings is 3. The number of fused-ring (bicyclic) bond motifs is 3. The number of rotatable bonds is 7. The molecule has 0 unspecified atom stereocenters. The number of hydrogen-bond donors (Lipinski definition) is 2. The van der Waals surface area contributed by atoms with Crippen LogP contribution in [0.2, 0.25) is 5.04 Å². The zero-order valence-corrected chi connectivity index (χ0v) is 29.2. The van der Waals surface area contributed by atoms with Crippen LogP contribution < -0.4 is 10.4 Å². The van der Waals surface area contributed by atoms with E-state index in [0.717, 1.165) is 48.1 Å². The van der Waals surface area contributed by atoms with E-state index < -0.39 is 39.3 Å². The Bertz CT molecular complexity index is 1650. The number of hydrogen-bond acceptors (Lipinski definition) is 6. The summed E-state index contributed by atoms with van der Waals surface area (Å²) in [7, 11) is -4.23. The molecule has 1 saturated carbocycles. The zero-order valence-electron chi connectivity index (χ0n) is 28.2. The Kier molecular flexibility index (Phi) is 9.00. The van der Waals surface area contributed by atoms with Crippen molar-refractivity contribution in [1.82, 2.24) is 4.90 Å². The molecule has 2 aliphatic carbocycles. The number of phenols is 1. The SMILES string of the molecule is CC(C)(C)[Si](OCC1=C2B(O)O[C@H](c3ccccc3O)C[C@H]2[C@H]2C(=O)N(C3CCCCC3)C(=O)[C@H]2C1)(c1ccccc1)c1ccccc1. The highest BCUT2D eigenvalue weighted by atomic mass is 28.4. The molecule has 7 rings (SSSR count). The summed E-state index contributed by atoms with van der Waals surface area (Å²) in [5, 5.41) is 24.6. The predicted octanol–water partition coefficient (Wildman–Crippen LogP) is 5.70. The first kappa shape index (κ1) is 33.0. The van der Waals surface area contributed by atoms with Crippen LogP contribution in [0.4, 0.5) is 0 Å². The molecule has 2 aliphatic heterocycles. The molecule has 9 heteroatoms. The minimum absolute atomic E-state index is 0.0664. The predicted molar refractivity (Wildman–Crippen MR) is 189 cm³/mol. The number of likely N-dealkylation sites (tertiary alicyclic amines) is 1. The molecule has 3 aromatic carbocycles. The summed E-state index contributed by atoms with van der Waals surface area (Å²) in [5.74, 6) is -1.61. The number of carbonyl (C=O) groups excluding carboxylic acids is 2. The minimum Gasteiger partial charge on any atom is -0.508 e. The van der Waals surface area contributed by atoms with Gasteiger partial charge in [0.2, 0.25) is 11.8 Å². The molecule has 3 fully saturated rings. The molecule has 3 aromatic rings. The Labute approximate surface area is 285 Å². The van der Waals surface area contributed by atoms with Crippen LogP contribution in [0.15, 0.2) is 96.0 Å². The monoisotopic (exact) mass is 663 g/mol. The van der Waals surface area contributed by atoms with Crippen LogP contribution >= 0.6 is 0 Å². The van der Waals surface area contributed by atoms with E-state index in [1.54, 1.807) is 23.1 Å².